The number of hydrogen-bond donors (Lipinski definition) is 1. The van der Waals surface area contributed by atoms with Crippen LogP contribution in [0.2, 0.25) is 0 Å². The first-order valence-corrected chi connectivity index (χ1v) is 8.36. The predicted molar refractivity (Wildman–Crippen MR) is 79.1 cm³/mol. The van der Waals surface area contributed by atoms with Crippen molar-refractivity contribution < 1.29 is 13.5 Å². The summed E-state index contributed by atoms with van der Waals surface area (Å²) in [5.74, 6) is -0.0104. The van der Waals surface area contributed by atoms with Crippen LogP contribution in [0.15, 0.2) is 23.1 Å². The van der Waals surface area contributed by atoms with Gasteiger partial charge in [-0.1, -0.05) is 6.07 Å². The summed E-state index contributed by atoms with van der Waals surface area (Å²) in [6.07, 6.45) is 0.702. The van der Waals surface area contributed by atoms with E-state index >= 15 is 0 Å². The SMILES string of the molecule is Cc1ccc(S(=O)(=O)N2CCC(C(C)(C)O)C2)cc1C. The molecule has 1 unspecified atom stereocenters. The molecule has 112 valence electrons. The first-order valence-electron chi connectivity index (χ1n) is 6.92. The molecule has 1 aromatic carbocycles. The fourth-order valence-electron chi connectivity index (χ4n) is 2.55. The van der Waals surface area contributed by atoms with E-state index in [0.717, 1.165) is 11.1 Å². The minimum Gasteiger partial charge on any atom is -0.390 e. The van der Waals surface area contributed by atoms with Crippen LogP contribution in [0.3, 0.4) is 0 Å². The van der Waals surface area contributed by atoms with Crippen LogP contribution < -0.4 is 0 Å². The summed E-state index contributed by atoms with van der Waals surface area (Å²) in [4.78, 5) is 0.344. The van der Waals surface area contributed by atoms with Crippen LogP contribution in [0.4, 0.5) is 0 Å². The Bertz CT molecular complexity index is 602. The molecule has 0 bridgehead atoms. The van der Waals surface area contributed by atoms with Crippen LogP contribution in [-0.2, 0) is 10.0 Å². The topological polar surface area (TPSA) is 57.6 Å². The van der Waals surface area contributed by atoms with Crippen LogP contribution in [0, 0.1) is 19.8 Å². The van der Waals surface area contributed by atoms with Crippen molar-refractivity contribution in [2.45, 2.75) is 44.6 Å². The second-order valence-electron chi connectivity index (χ2n) is 6.25. The molecule has 1 aromatic rings. The number of aryl methyl sites for hydroxylation is 2. The van der Waals surface area contributed by atoms with Crippen LogP contribution in [-0.4, -0.2) is 36.5 Å². The second-order valence-corrected chi connectivity index (χ2v) is 8.19. The first-order chi connectivity index (χ1) is 9.12. The van der Waals surface area contributed by atoms with Gasteiger partial charge in [-0.3, -0.25) is 0 Å². The molecule has 0 spiro atoms. The molecular formula is C15H23NO3S. The molecule has 1 aliphatic rings. The Morgan fingerprint density at radius 2 is 1.90 bits per heavy atom. The standard InChI is InChI=1S/C15H23NO3S/c1-11-5-6-14(9-12(11)2)20(18,19)16-8-7-13(10-16)15(3,4)17/h5-6,9,13,17H,7-8,10H2,1-4H3. The van der Waals surface area contributed by atoms with E-state index in [1.807, 2.05) is 19.9 Å². The van der Waals surface area contributed by atoms with E-state index in [1.54, 1.807) is 26.0 Å². The smallest absolute Gasteiger partial charge is 0.243 e. The molecule has 1 N–H and O–H groups in total. The number of aliphatic hydroxyl groups is 1. The fourth-order valence-corrected chi connectivity index (χ4v) is 4.13. The average molecular weight is 297 g/mol. The van der Waals surface area contributed by atoms with Gasteiger partial charge in [0, 0.05) is 19.0 Å². The van der Waals surface area contributed by atoms with Crippen molar-refractivity contribution in [1.29, 1.82) is 0 Å². The Balaban J connectivity index is 2.26. The maximum Gasteiger partial charge on any atom is 0.243 e. The molecule has 0 aliphatic carbocycles. The monoisotopic (exact) mass is 297 g/mol. The Labute approximate surface area is 121 Å². The van der Waals surface area contributed by atoms with Gasteiger partial charge in [0.15, 0.2) is 0 Å². The van der Waals surface area contributed by atoms with Gasteiger partial charge in [-0.25, -0.2) is 8.42 Å². The summed E-state index contributed by atoms with van der Waals surface area (Å²) in [7, 11) is -3.45. The van der Waals surface area contributed by atoms with Crippen molar-refractivity contribution in [2.75, 3.05) is 13.1 Å². The lowest BCUT2D eigenvalue weighted by atomic mass is 9.91. The number of benzene rings is 1. The van der Waals surface area contributed by atoms with Crippen LogP contribution >= 0.6 is 0 Å². The summed E-state index contributed by atoms with van der Waals surface area (Å²) in [5.41, 5.74) is 1.22. The van der Waals surface area contributed by atoms with Gasteiger partial charge >= 0.3 is 0 Å². The normalized spacial score (nSPS) is 21.4. The molecule has 0 amide bonds. The lowest BCUT2D eigenvalue weighted by molar-refractivity contribution is 0.0236. The first kappa shape index (κ1) is 15.5. The van der Waals surface area contributed by atoms with Crippen molar-refractivity contribution >= 4 is 10.0 Å². The summed E-state index contributed by atoms with van der Waals surface area (Å²) in [6, 6.07) is 5.23. The highest BCUT2D eigenvalue weighted by atomic mass is 32.2. The zero-order valence-electron chi connectivity index (χ0n) is 12.5. The van der Waals surface area contributed by atoms with Crippen LogP contribution in [0.1, 0.15) is 31.4 Å². The number of sulfonamides is 1. The van der Waals surface area contributed by atoms with E-state index in [0.29, 0.717) is 24.4 Å². The molecule has 1 atom stereocenters. The quantitative estimate of drug-likeness (QED) is 0.929. The van der Waals surface area contributed by atoms with Gasteiger partial charge in [0.1, 0.15) is 0 Å². The lowest BCUT2D eigenvalue weighted by Crippen LogP contribution is -2.35. The van der Waals surface area contributed by atoms with E-state index in [9.17, 15) is 13.5 Å². The van der Waals surface area contributed by atoms with Gasteiger partial charge < -0.3 is 5.11 Å². The molecule has 0 radical (unpaired) electrons. The van der Waals surface area contributed by atoms with Crippen molar-refractivity contribution in [1.82, 2.24) is 4.31 Å². The van der Waals surface area contributed by atoms with Gasteiger partial charge in [0.05, 0.1) is 10.5 Å². The maximum atomic E-state index is 12.6. The van der Waals surface area contributed by atoms with Crippen molar-refractivity contribution in [3.63, 3.8) is 0 Å². The molecule has 5 heteroatoms. The average Bonchev–Trinajstić information content (AvgIpc) is 2.82. The fraction of sp³-hybridized carbons (Fsp3) is 0.600. The molecule has 1 fully saturated rings. The third-order valence-corrected chi connectivity index (χ3v) is 6.13. The minimum absolute atomic E-state index is 0.0104. The molecule has 1 heterocycles. The van der Waals surface area contributed by atoms with Gasteiger partial charge in [-0.05, 0) is 57.4 Å². The predicted octanol–water partition coefficient (Wildman–Crippen LogP) is 2.08. The third kappa shape index (κ3) is 2.90. The zero-order chi connectivity index (χ0) is 15.1. The van der Waals surface area contributed by atoms with Gasteiger partial charge in [-0.15, -0.1) is 0 Å². The van der Waals surface area contributed by atoms with Crippen molar-refractivity contribution in [3.05, 3.63) is 29.3 Å². The Kier molecular flexibility index (Phi) is 3.97. The molecule has 0 saturated carbocycles. The van der Waals surface area contributed by atoms with Crippen molar-refractivity contribution in [3.8, 4) is 0 Å². The number of rotatable bonds is 3. The van der Waals surface area contributed by atoms with E-state index < -0.39 is 15.6 Å². The lowest BCUT2D eigenvalue weighted by Gasteiger charge is -2.25. The highest BCUT2D eigenvalue weighted by Gasteiger charge is 2.38. The number of nitrogens with zero attached hydrogens (tertiary/aromatic N) is 1. The molecule has 1 saturated heterocycles. The summed E-state index contributed by atoms with van der Waals surface area (Å²) < 4.78 is 26.7. The van der Waals surface area contributed by atoms with Gasteiger partial charge in [0.25, 0.3) is 0 Å². The van der Waals surface area contributed by atoms with Gasteiger partial charge in [0.2, 0.25) is 10.0 Å². The largest absolute Gasteiger partial charge is 0.390 e. The maximum absolute atomic E-state index is 12.6. The number of hydrogen-bond acceptors (Lipinski definition) is 3. The Morgan fingerprint density at radius 3 is 2.40 bits per heavy atom. The van der Waals surface area contributed by atoms with Crippen LogP contribution in [0.25, 0.3) is 0 Å². The van der Waals surface area contributed by atoms with E-state index in [4.69, 9.17) is 0 Å². The summed E-state index contributed by atoms with van der Waals surface area (Å²) >= 11 is 0. The van der Waals surface area contributed by atoms with Crippen molar-refractivity contribution in [2.24, 2.45) is 5.92 Å². The molecule has 0 aromatic heterocycles. The van der Waals surface area contributed by atoms with E-state index in [1.165, 1.54) is 4.31 Å². The Morgan fingerprint density at radius 1 is 1.25 bits per heavy atom. The third-order valence-electron chi connectivity index (χ3n) is 4.27. The van der Waals surface area contributed by atoms with Crippen LogP contribution in [0.5, 0.6) is 0 Å². The summed E-state index contributed by atoms with van der Waals surface area (Å²) in [5, 5.41) is 10.0. The molecule has 20 heavy (non-hydrogen) atoms. The Hall–Kier alpha value is -0.910. The molecule has 4 nitrogen and oxygen atoms in total. The zero-order valence-corrected chi connectivity index (χ0v) is 13.4. The molecular weight excluding hydrogens is 274 g/mol. The highest BCUT2D eigenvalue weighted by Crippen LogP contribution is 2.31. The van der Waals surface area contributed by atoms with Gasteiger partial charge in [-0.2, -0.15) is 4.31 Å². The second kappa shape index (κ2) is 5.13. The minimum atomic E-state index is -3.45. The molecule has 1 aliphatic heterocycles. The summed E-state index contributed by atoms with van der Waals surface area (Å²) in [6.45, 7) is 8.22. The molecule has 2 rings (SSSR count). The van der Waals surface area contributed by atoms with E-state index in [2.05, 4.69) is 0 Å². The highest BCUT2D eigenvalue weighted by molar-refractivity contribution is 7.89. The van der Waals surface area contributed by atoms with E-state index in [-0.39, 0.29) is 5.92 Å².